The molecule has 0 unspecified atom stereocenters. The SMILES string of the molecule is COCC1(COC)Cn2cc(C(N)=O)cc2CO1. The van der Waals surface area contributed by atoms with E-state index in [-0.39, 0.29) is 0 Å². The summed E-state index contributed by atoms with van der Waals surface area (Å²) in [5.74, 6) is -0.430. The lowest BCUT2D eigenvalue weighted by Crippen LogP contribution is -2.48. The van der Waals surface area contributed by atoms with Crippen LogP contribution in [-0.2, 0) is 27.4 Å². The van der Waals surface area contributed by atoms with Crippen molar-refractivity contribution in [3.63, 3.8) is 0 Å². The molecule has 2 rings (SSSR count). The number of primary amides is 1. The third kappa shape index (κ3) is 2.40. The highest BCUT2D eigenvalue weighted by Crippen LogP contribution is 2.26. The molecule has 1 aliphatic heterocycles. The number of nitrogens with two attached hydrogens (primary N) is 1. The quantitative estimate of drug-likeness (QED) is 0.811. The van der Waals surface area contributed by atoms with Crippen molar-refractivity contribution in [1.29, 1.82) is 0 Å². The molecular weight excluding hydrogens is 236 g/mol. The first-order valence-corrected chi connectivity index (χ1v) is 5.71. The minimum Gasteiger partial charge on any atom is -0.382 e. The van der Waals surface area contributed by atoms with E-state index < -0.39 is 11.5 Å². The van der Waals surface area contributed by atoms with Gasteiger partial charge in [-0.25, -0.2) is 0 Å². The van der Waals surface area contributed by atoms with Gasteiger partial charge in [-0.15, -0.1) is 0 Å². The monoisotopic (exact) mass is 254 g/mol. The summed E-state index contributed by atoms with van der Waals surface area (Å²) < 4.78 is 18.2. The number of rotatable bonds is 5. The Morgan fingerprint density at radius 3 is 2.72 bits per heavy atom. The lowest BCUT2D eigenvalue weighted by Gasteiger charge is -2.37. The van der Waals surface area contributed by atoms with Gasteiger partial charge in [0.15, 0.2) is 0 Å². The van der Waals surface area contributed by atoms with Crippen LogP contribution in [0.3, 0.4) is 0 Å². The third-order valence-electron chi connectivity index (χ3n) is 3.07. The van der Waals surface area contributed by atoms with Gasteiger partial charge in [-0.2, -0.15) is 0 Å². The fraction of sp³-hybridized carbons (Fsp3) is 0.583. The highest BCUT2D eigenvalue weighted by atomic mass is 16.6. The van der Waals surface area contributed by atoms with Gasteiger partial charge in [0, 0.05) is 26.1 Å². The molecule has 0 spiro atoms. The Kier molecular flexibility index (Phi) is 3.70. The van der Waals surface area contributed by atoms with Crippen LogP contribution in [0.1, 0.15) is 16.1 Å². The van der Waals surface area contributed by atoms with E-state index in [1.54, 1.807) is 26.5 Å². The largest absolute Gasteiger partial charge is 0.382 e. The van der Waals surface area contributed by atoms with Crippen LogP contribution in [0.5, 0.6) is 0 Å². The van der Waals surface area contributed by atoms with E-state index in [0.29, 0.717) is 31.9 Å². The zero-order valence-corrected chi connectivity index (χ0v) is 10.6. The molecule has 2 N–H and O–H groups in total. The van der Waals surface area contributed by atoms with Crippen LogP contribution >= 0.6 is 0 Å². The number of carbonyl (C=O) groups excluding carboxylic acids is 1. The van der Waals surface area contributed by atoms with E-state index >= 15 is 0 Å². The highest BCUT2D eigenvalue weighted by molar-refractivity contribution is 5.92. The Hall–Kier alpha value is -1.37. The lowest BCUT2D eigenvalue weighted by molar-refractivity contribution is -0.153. The Bertz CT molecular complexity index is 435. The molecular formula is C12H18N2O4. The van der Waals surface area contributed by atoms with Gasteiger partial charge >= 0.3 is 0 Å². The summed E-state index contributed by atoms with van der Waals surface area (Å²) in [6, 6.07) is 1.76. The molecule has 1 amide bonds. The zero-order chi connectivity index (χ0) is 13.2. The van der Waals surface area contributed by atoms with E-state index in [1.165, 1.54) is 0 Å². The molecule has 1 aromatic rings. The van der Waals surface area contributed by atoms with Crippen molar-refractivity contribution in [1.82, 2.24) is 4.57 Å². The minimum atomic E-state index is -0.509. The van der Waals surface area contributed by atoms with Gasteiger partial charge in [-0.05, 0) is 6.07 Å². The number of hydrogen-bond donors (Lipinski definition) is 1. The summed E-state index contributed by atoms with van der Waals surface area (Å²) in [6.45, 7) is 1.87. The summed E-state index contributed by atoms with van der Waals surface area (Å²) in [7, 11) is 3.25. The number of hydrogen-bond acceptors (Lipinski definition) is 4. The van der Waals surface area contributed by atoms with Crippen molar-refractivity contribution in [3.8, 4) is 0 Å². The van der Waals surface area contributed by atoms with Gasteiger partial charge in [0.05, 0.1) is 31.9 Å². The van der Waals surface area contributed by atoms with Gasteiger partial charge in [0.2, 0.25) is 5.91 Å². The lowest BCUT2D eigenvalue weighted by atomic mass is 10.0. The van der Waals surface area contributed by atoms with Crippen LogP contribution in [0.4, 0.5) is 0 Å². The van der Waals surface area contributed by atoms with E-state index in [0.717, 1.165) is 5.69 Å². The first kappa shape index (κ1) is 13.1. The minimum absolute atomic E-state index is 0.417. The second kappa shape index (κ2) is 5.09. The van der Waals surface area contributed by atoms with Crippen molar-refractivity contribution in [3.05, 3.63) is 23.5 Å². The van der Waals surface area contributed by atoms with E-state index in [1.807, 2.05) is 4.57 Å². The van der Waals surface area contributed by atoms with Crippen molar-refractivity contribution in [2.75, 3.05) is 27.4 Å². The van der Waals surface area contributed by atoms with E-state index in [4.69, 9.17) is 19.9 Å². The number of carbonyl (C=O) groups is 1. The fourth-order valence-electron chi connectivity index (χ4n) is 2.28. The molecule has 0 saturated heterocycles. The molecule has 1 aliphatic rings. The van der Waals surface area contributed by atoms with Crippen LogP contribution in [0.2, 0.25) is 0 Å². The Morgan fingerprint density at radius 2 is 2.17 bits per heavy atom. The van der Waals surface area contributed by atoms with Gasteiger partial charge in [0.25, 0.3) is 0 Å². The smallest absolute Gasteiger partial charge is 0.250 e. The second-order valence-electron chi connectivity index (χ2n) is 4.55. The molecule has 0 aromatic carbocycles. The average Bonchev–Trinajstić information content (AvgIpc) is 2.72. The summed E-state index contributed by atoms with van der Waals surface area (Å²) in [5, 5.41) is 0. The van der Waals surface area contributed by atoms with Gasteiger partial charge < -0.3 is 24.5 Å². The first-order valence-electron chi connectivity index (χ1n) is 5.71. The van der Waals surface area contributed by atoms with Crippen molar-refractivity contribution in [2.45, 2.75) is 18.8 Å². The van der Waals surface area contributed by atoms with E-state index in [9.17, 15) is 4.79 Å². The maximum atomic E-state index is 11.2. The van der Waals surface area contributed by atoms with Crippen LogP contribution in [0.25, 0.3) is 0 Å². The number of ether oxygens (including phenoxy) is 3. The van der Waals surface area contributed by atoms with Gasteiger partial charge in [-0.1, -0.05) is 0 Å². The fourth-order valence-corrected chi connectivity index (χ4v) is 2.28. The molecule has 0 fully saturated rings. The number of methoxy groups -OCH3 is 2. The maximum Gasteiger partial charge on any atom is 0.250 e. The van der Waals surface area contributed by atoms with Gasteiger partial charge in [-0.3, -0.25) is 4.79 Å². The Morgan fingerprint density at radius 1 is 1.50 bits per heavy atom. The third-order valence-corrected chi connectivity index (χ3v) is 3.07. The number of aromatic nitrogens is 1. The highest BCUT2D eigenvalue weighted by Gasteiger charge is 2.36. The van der Waals surface area contributed by atoms with Gasteiger partial charge in [0.1, 0.15) is 5.60 Å². The molecule has 0 saturated carbocycles. The molecule has 1 aromatic heterocycles. The molecule has 18 heavy (non-hydrogen) atoms. The Labute approximate surface area is 106 Å². The second-order valence-corrected chi connectivity index (χ2v) is 4.55. The topological polar surface area (TPSA) is 75.7 Å². The predicted octanol–water partition coefficient (Wildman–Crippen LogP) is 0.149. The van der Waals surface area contributed by atoms with Crippen LogP contribution in [0.15, 0.2) is 12.3 Å². The summed E-state index contributed by atoms with van der Waals surface area (Å²) in [6.07, 6.45) is 1.75. The normalized spacial score (nSPS) is 17.4. The molecule has 0 atom stereocenters. The summed E-state index contributed by atoms with van der Waals surface area (Å²) in [4.78, 5) is 11.2. The van der Waals surface area contributed by atoms with Crippen LogP contribution < -0.4 is 5.73 Å². The zero-order valence-electron chi connectivity index (χ0n) is 10.6. The average molecular weight is 254 g/mol. The molecule has 100 valence electrons. The van der Waals surface area contributed by atoms with E-state index in [2.05, 4.69) is 0 Å². The molecule has 0 bridgehead atoms. The number of amides is 1. The Balaban J connectivity index is 2.23. The van der Waals surface area contributed by atoms with Crippen LogP contribution in [0, 0.1) is 0 Å². The number of fused-ring (bicyclic) bond motifs is 1. The summed E-state index contributed by atoms with van der Waals surface area (Å²) in [5.41, 5.74) is 6.19. The van der Waals surface area contributed by atoms with Crippen molar-refractivity contribution in [2.24, 2.45) is 5.73 Å². The van der Waals surface area contributed by atoms with Crippen LogP contribution in [-0.4, -0.2) is 43.5 Å². The molecule has 2 heterocycles. The van der Waals surface area contributed by atoms with Crippen molar-refractivity contribution >= 4 is 5.91 Å². The predicted molar refractivity (Wildman–Crippen MR) is 64.2 cm³/mol. The summed E-state index contributed by atoms with van der Waals surface area (Å²) >= 11 is 0. The first-order chi connectivity index (χ1) is 8.60. The number of nitrogens with zero attached hydrogens (tertiary/aromatic N) is 1. The van der Waals surface area contributed by atoms with Crippen molar-refractivity contribution < 1.29 is 19.0 Å². The molecule has 6 nitrogen and oxygen atoms in total. The molecule has 0 radical (unpaired) electrons. The standard InChI is InChI=1S/C12H18N2O4/c1-16-7-12(8-17-2)6-14-4-9(11(13)15)3-10(14)5-18-12/h3-4H,5-8H2,1-2H3,(H2,13,15). The maximum absolute atomic E-state index is 11.2. The molecule has 6 heteroatoms. The molecule has 0 aliphatic carbocycles.